The summed E-state index contributed by atoms with van der Waals surface area (Å²) in [5, 5.41) is 0. The molecule has 0 aliphatic heterocycles. The van der Waals surface area contributed by atoms with Gasteiger partial charge in [0.15, 0.2) is 0 Å². The highest BCUT2D eigenvalue weighted by molar-refractivity contribution is 5.72. The third-order valence-corrected chi connectivity index (χ3v) is 2.96. The summed E-state index contributed by atoms with van der Waals surface area (Å²) in [5.41, 5.74) is 4.82. The van der Waals surface area contributed by atoms with Crippen LogP contribution in [0.25, 0.3) is 22.3 Å². The summed E-state index contributed by atoms with van der Waals surface area (Å²) in [4.78, 5) is 4.16. The maximum atomic E-state index is 4.16. The summed E-state index contributed by atoms with van der Waals surface area (Å²) in [6.07, 6.45) is 3.69. The van der Waals surface area contributed by atoms with Crippen molar-refractivity contribution in [3.05, 3.63) is 79.1 Å². The molecule has 0 fully saturated rings. The number of rotatable bonds is 2. The Labute approximate surface area is 107 Å². The van der Waals surface area contributed by atoms with E-state index in [0.717, 1.165) is 5.56 Å². The molecule has 0 spiro atoms. The Morgan fingerprint density at radius 1 is 0.556 bits per heavy atom. The summed E-state index contributed by atoms with van der Waals surface area (Å²) in [6.45, 7) is 0. The van der Waals surface area contributed by atoms with E-state index in [1.54, 1.807) is 6.20 Å². The average Bonchev–Trinajstić information content (AvgIpc) is 2.49. The van der Waals surface area contributed by atoms with Gasteiger partial charge in [-0.15, -0.1) is 0 Å². The molecule has 0 amide bonds. The van der Waals surface area contributed by atoms with Crippen LogP contribution in [0.1, 0.15) is 0 Å². The van der Waals surface area contributed by atoms with Gasteiger partial charge in [-0.05, 0) is 28.8 Å². The molecule has 1 heteroatoms. The molecule has 0 atom stereocenters. The summed E-state index contributed by atoms with van der Waals surface area (Å²) < 4.78 is 0. The monoisotopic (exact) mass is 231 g/mol. The van der Waals surface area contributed by atoms with Crippen molar-refractivity contribution in [2.45, 2.75) is 0 Å². The molecule has 0 radical (unpaired) electrons. The molecule has 86 valence electrons. The average molecular weight is 231 g/mol. The third kappa shape index (κ3) is 2.16. The predicted octanol–water partition coefficient (Wildman–Crippen LogP) is 4.42. The van der Waals surface area contributed by atoms with Gasteiger partial charge >= 0.3 is 0 Å². The lowest BCUT2D eigenvalue weighted by atomic mass is 10.0. The first-order valence-electron chi connectivity index (χ1n) is 5.99. The number of hydrogen-bond donors (Lipinski definition) is 0. The fourth-order valence-corrected chi connectivity index (χ4v) is 2.04. The van der Waals surface area contributed by atoms with Crippen molar-refractivity contribution < 1.29 is 0 Å². The largest absolute Gasteiger partial charge is 0.264 e. The standard InChI is InChI=1S/C17H13N/c1-2-6-14(7-3-1)15-8-4-9-16(12-15)17-10-5-11-18-13-17/h1-13H. The smallest absolute Gasteiger partial charge is 0.0346 e. The number of aromatic nitrogens is 1. The molecule has 1 aromatic heterocycles. The Balaban J connectivity index is 2.05. The minimum atomic E-state index is 1.15. The number of benzene rings is 2. The van der Waals surface area contributed by atoms with E-state index >= 15 is 0 Å². The fraction of sp³-hybridized carbons (Fsp3) is 0. The Bertz CT molecular complexity index is 575. The maximum Gasteiger partial charge on any atom is 0.0346 e. The van der Waals surface area contributed by atoms with Crippen molar-refractivity contribution in [2.24, 2.45) is 0 Å². The lowest BCUT2D eigenvalue weighted by Gasteiger charge is -2.05. The normalized spacial score (nSPS) is 10.2. The fourth-order valence-electron chi connectivity index (χ4n) is 2.04. The van der Waals surface area contributed by atoms with E-state index in [9.17, 15) is 0 Å². The van der Waals surface area contributed by atoms with E-state index in [1.165, 1.54) is 16.7 Å². The Kier molecular flexibility index (Phi) is 2.89. The lowest BCUT2D eigenvalue weighted by Crippen LogP contribution is -1.81. The zero-order valence-corrected chi connectivity index (χ0v) is 9.95. The Hall–Kier alpha value is -2.41. The number of hydrogen-bond acceptors (Lipinski definition) is 1. The molecule has 0 unspecified atom stereocenters. The van der Waals surface area contributed by atoms with Gasteiger partial charge in [-0.1, -0.05) is 54.6 Å². The van der Waals surface area contributed by atoms with Crippen LogP contribution in [0.5, 0.6) is 0 Å². The minimum Gasteiger partial charge on any atom is -0.264 e. The SMILES string of the molecule is c1ccc(-c2cccc(-c3cccnc3)c2)cc1. The third-order valence-electron chi connectivity index (χ3n) is 2.96. The van der Waals surface area contributed by atoms with Crippen LogP contribution in [0.4, 0.5) is 0 Å². The Morgan fingerprint density at radius 2 is 1.22 bits per heavy atom. The number of nitrogens with zero attached hydrogens (tertiary/aromatic N) is 1. The van der Waals surface area contributed by atoms with Crippen LogP contribution in [0.3, 0.4) is 0 Å². The molecule has 0 N–H and O–H groups in total. The number of pyridine rings is 1. The molecule has 0 saturated carbocycles. The maximum absolute atomic E-state index is 4.16. The van der Waals surface area contributed by atoms with Gasteiger partial charge in [-0.3, -0.25) is 4.98 Å². The van der Waals surface area contributed by atoms with Gasteiger partial charge in [0.1, 0.15) is 0 Å². The van der Waals surface area contributed by atoms with Crippen LogP contribution >= 0.6 is 0 Å². The van der Waals surface area contributed by atoms with Crippen LogP contribution in [-0.2, 0) is 0 Å². The van der Waals surface area contributed by atoms with Gasteiger partial charge < -0.3 is 0 Å². The topological polar surface area (TPSA) is 12.9 Å². The van der Waals surface area contributed by atoms with Crippen LogP contribution in [0.2, 0.25) is 0 Å². The molecule has 3 rings (SSSR count). The van der Waals surface area contributed by atoms with Crippen LogP contribution in [-0.4, -0.2) is 4.98 Å². The highest BCUT2D eigenvalue weighted by atomic mass is 14.6. The van der Waals surface area contributed by atoms with Gasteiger partial charge in [0.25, 0.3) is 0 Å². The predicted molar refractivity (Wildman–Crippen MR) is 75.1 cm³/mol. The van der Waals surface area contributed by atoms with Crippen molar-refractivity contribution in [1.82, 2.24) is 4.98 Å². The van der Waals surface area contributed by atoms with E-state index < -0.39 is 0 Å². The highest BCUT2D eigenvalue weighted by Crippen LogP contribution is 2.25. The summed E-state index contributed by atoms with van der Waals surface area (Å²) >= 11 is 0. The molecule has 18 heavy (non-hydrogen) atoms. The first kappa shape index (κ1) is 10.7. The molecular formula is C17H13N. The quantitative estimate of drug-likeness (QED) is 0.636. The van der Waals surface area contributed by atoms with E-state index in [1.807, 2.05) is 18.3 Å². The molecule has 1 nitrogen and oxygen atoms in total. The lowest BCUT2D eigenvalue weighted by molar-refractivity contribution is 1.33. The van der Waals surface area contributed by atoms with Crippen LogP contribution in [0, 0.1) is 0 Å². The van der Waals surface area contributed by atoms with Gasteiger partial charge in [-0.2, -0.15) is 0 Å². The second kappa shape index (κ2) is 4.84. The van der Waals surface area contributed by atoms with Crippen molar-refractivity contribution in [2.75, 3.05) is 0 Å². The van der Waals surface area contributed by atoms with Crippen molar-refractivity contribution in [3.63, 3.8) is 0 Å². The Morgan fingerprint density at radius 3 is 1.94 bits per heavy atom. The highest BCUT2D eigenvalue weighted by Gasteiger charge is 2.00. The van der Waals surface area contributed by atoms with Crippen molar-refractivity contribution >= 4 is 0 Å². The molecule has 0 aliphatic carbocycles. The van der Waals surface area contributed by atoms with Crippen molar-refractivity contribution in [1.29, 1.82) is 0 Å². The first-order valence-corrected chi connectivity index (χ1v) is 5.99. The van der Waals surface area contributed by atoms with E-state index in [4.69, 9.17) is 0 Å². The molecule has 0 saturated heterocycles. The van der Waals surface area contributed by atoms with E-state index in [0.29, 0.717) is 0 Å². The van der Waals surface area contributed by atoms with E-state index in [2.05, 4.69) is 59.6 Å². The van der Waals surface area contributed by atoms with Crippen molar-refractivity contribution in [3.8, 4) is 22.3 Å². The van der Waals surface area contributed by atoms with Crippen LogP contribution in [0.15, 0.2) is 79.1 Å². The molecule has 1 heterocycles. The molecule has 0 aliphatic rings. The summed E-state index contributed by atoms with van der Waals surface area (Å²) in [5.74, 6) is 0. The van der Waals surface area contributed by atoms with Gasteiger partial charge in [0.2, 0.25) is 0 Å². The molecule has 0 bridgehead atoms. The van der Waals surface area contributed by atoms with Gasteiger partial charge in [0.05, 0.1) is 0 Å². The summed E-state index contributed by atoms with van der Waals surface area (Å²) in [7, 11) is 0. The first-order chi connectivity index (χ1) is 8.93. The van der Waals surface area contributed by atoms with Gasteiger partial charge in [-0.25, -0.2) is 0 Å². The minimum absolute atomic E-state index is 1.15. The zero-order valence-electron chi connectivity index (χ0n) is 9.95. The van der Waals surface area contributed by atoms with E-state index in [-0.39, 0.29) is 0 Å². The molecular weight excluding hydrogens is 218 g/mol. The van der Waals surface area contributed by atoms with Gasteiger partial charge in [0, 0.05) is 18.0 Å². The molecule has 3 aromatic rings. The second-order valence-electron chi connectivity index (χ2n) is 4.19. The summed E-state index contributed by atoms with van der Waals surface area (Å²) in [6, 6.07) is 23.0. The molecule has 2 aromatic carbocycles. The van der Waals surface area contributed by atoms with Crippen LogP contribution < -0.4 is 0 Å². The zero-order chi connectivity index (χ0) is 12.2. The second-order valence-corrected chi connectivity index (χ2v) is 4.19.